The van der Waals surface area contributed by atoms with Crippen LogP contribution < -0.4 is 5.32 Å². The molecule has 0 spiro atoms. The summed E-state index contributed by atoms with van der Waals surface area (Å²) in [5.41, 5.74) is 1.19. The fourth-order valence-electron chi connectivity index (χ4n) is 5.01. The molecule has 2 fully saturated rings. The molecule has 1 aromatic rings. The van der Waals surface area contributed by atoms with Crippen molar-refractivity contribution in [3.05, 3.63) is 11.4 Å². The number of aromatic amines is 1. The zero-order valence-corrected chi connectivity index (χ0v) is 18.3. The predicted octanol–water partition coefficient (Wildman–Crippen LogP) is 3.23. The molecule has 3 rings (SSSR count). The topological polar surface area (TPSA) is 78.1 Å². The van der Waals surface area contributed by atoms with Crippen molar-refractivity contribution < 1.29 is 8.42 Å². The maximum absolute atomic E-state index is 13.0. The summed E-state index contributed by atoms with van der Waals surface area (Å²) in [5, 5.41) is 10.8. The van der Waals surface area contributed by atoms with E-state index in [0.717, 1.165) is 24.7 Å². The van der Waals surface area contributed by atoms with Crippen LogP contribution in [0.25, 0.3) is 0 Å². The van der Waals surface area contributed by atoms with Crippen LogP contribution in [-0.4, -0.2) is 48.1 Å². The number of nitrogens with zero attached hydrogens (tertiary/aromatic N) is 2. The minimum absolute atomic E-state index is 0.356. The Bertz CT molecular complexity index is 716. The van der Waals surface area contributed by atoms with Crippen molar-refractivity contribution in [2.45, 2.75) is 83.7 Å². The summed E-state index contributed by atoms with van der Waals surface area (Å²) < 4.78 is 27.7. The first-order valence-corrected chi connectivity index (χ1v) is 11.9. The third-order valence-electron chi connectivity index (χ3n) is 6.58. The smallest absolute Gasteiger partial charge is 0.246 e. The van der Waals surface area contributed by atoms with Gasteiger partial charge in [-0.3, -0.25) is 5.10 Å². The number of piperidine rings is 1. The minimum Gasteiger partial charge on any atom is -0.311 e. The Morgan fingerprint density at radius 2 is 1.81 bits per heavy atom. The summed E-state index contributed by atoms with van der Waals surface area (Å²) in [5.74, 6) is 2.21. The molecule has 3 atom stereocenters. The second-order valence-electron chi connectivity index (χ2n) is 9.04. The zero-order chi connectivity index (χ0) is 19.8. The van der Waals surface area contributed by atoms with Crippen molar-refractivity contribution in [3.63, 3.8) is 0 Å². The Morgan fingerprint density at radius 1 is 1.15 bits per heavy atom. The quantitative estimate of drug-likeness (QED) is 0.801. The lowest BCUT2D eigenvalue weighted by Gasteiger charge is -2.41. The van der Waals surface area contributed by atoms with E-state index in [9.17, 15) is 8.42 Å². The van der Waals surface area contributed by atoms with Gasteiger partial charge in [-0.1, -0.05) is 27.2 Å². The first-order valence-electron chi connectivity index (χ1n) is 10.5. The normalized spacial score (nSPS) is 28.7. The van der Waals surface area contributed by atoms with Gasteiger partial charge in [0.15, 0.2) is 0 Å². The maximum atomic E-state index is 13.0. The molecule has 1 aliphatic carbocycles. The van der Waals surface area contributed by atoms with E-state index in [0.29, 0.717) is 47.4 Å². The number of rotatable bonds is 5. The summed E-state index contributed by atoms with van der Waals surface area (Å²) in [4.78, 5) is 0.356. The van der Waals surface area contributed by atoms with Crippen molar-refractivity contribution in [1.82, 2.24) is 19.8 Å². The lowest BCUT2D eigenvalue weighted by atomic mass is 9.73. The van der Waals surface area contributed by atoms with E-state index in [1.165, 1.54) is 19.3 Å². The maximum Gasteiger partial charge on any atom is 0.246 e. The molecule has 1 aromatic heterocycles. The zero-order valence-electron chi connectivity index (χ0n) is 17.5. The molecule has 1 saturated carbocycles. The minimum atomic E-state index is -3.46. The molecule has 27 heavy (non-hydrogen) atoms. The molecule has 2 heterocycles. The molecule has 0 radical (unpaired) electrons. The SMILES string of the molecule is Cc1n[nH]c(C)c1S(=O)(=O)N1CCC(N[C@@H]2C[C@@H](C)CC[C@@H]2C(C)C)CC1. The van der Waals surface area contributed by atoms with Crippen LogP contribution in [0.5, 0.6) is 0 Å². The molecule has 0 amide bonds. The van der Waals surface area contributed by atoms with Crippen molar-refractivity contribution in [2.75, 3.05) is 13.1 Å². The summed E-state index contributed by atoms with van der Waals surface area (Å²) in [6.07, 6.45) is 5.65. The monoisotopic (exact) mass is 396 g/mol. The van der Waals surface area contributed by atoms with Gasteiger partial charge in [0, 0.05) is 25.2 Å². The van der Waals surface area contributed by atoms with Crippen LogP contribution in [0, 0.1) is 31.6 Å². The summed E-state index contributed by atoms with van der Waals surface area (Å²) in [6, 6.07) is 0.986. The largest absolute Gasteiger partial charge is 0.311 e. The van der Waals surface area contributed by atoms with E-state index < -0.39 is 10.0 Å². The van der Waals surface area contributed by atoms with Crippen LogP contribution in [0.4, 0.5) is 0 Å². The molecule has 0 aromatic carbocycles. The highest BCUT2D eigenvalue weighted by molar-refractivity contribution is 7.89. The Morgan fingerprint density at radius 3 is 2.37 bits per heavy atom. The van der Waals surface area contributed by atoms with Crippen LogP contribution >= 0.6 is 0 Å². The van der Waals surface area contributed by atoms with Crippen LogP contribution in [0.1, 0.15) is 64.3 Å². The molecular formula is C20H36N4O2S. The number of sulfonamides is 1. The van der Waals surface area contributed by atoms with E-state index >= 15 is 0 Å². The van der Waals surface area contributed by atoms with Crippen molar-refractivity contribution in [2.24, 2.45) is 17.8 Å². The van der Waals surface area contributed by atoms with Crippen LogP contribution in [0.3, 0.4) is 0 Å². The fourth-order valence-corrected chi connectivity index (χ4v) is 6.81. The van der Waals surface area contributed by atoms with E-state index in [1.54, 1.807) is 18.2 Å². The van der Waals surface area contributed by atoms with Gasteiger partial charge in [0.05, 0.1) is 11.4 Å². The van der Waals surface area contributed by atoms with Gasteiger partial charge in [0.25, 0.3) is 0 Å². The molecule has 1 saturated heterocycles. The first-order chi connectivity index (χ1) is 12.7. The Labute approximate surface area is 164 Å². The lowest BCUT2D eigenvalue weighted by Crippen LogP contribution is -2.51. The summed E-state index contributed by atoms with van der Waals surface area (Å²) >= 11 is 0. The van der Waals surface area contributed by atoms with Crippen molar-refractivity contribution in [1.29, 1.82) is 0 Å². The fraction of sp³-hybridized carbons (Fsp3) is 0.850. The van der Waals surface area contributed by atoms with Gasteiger partial charge in [0.1, 0.15) is 4.90 Å². The van der Waals surface area contributed by atoms with Crippen LogP contribution in [-0.2, 0) is 10.0 Å². The van der Waals surface area contributed by atoms with E-state index in [4.69, 9.17) is 0 Å². The van der Waals surface area contributed by atoms with Gasteiger partial charge < -0.3 is 5.32 Å². The van der Waals surface area contributed by atoms with Gasteiger partial charge >= 0.3 is 0 Å². The molecule has 154 valence electrons. The number of nitrogens with one attached hydrogen (secondary N) is 2. The molecular weight excluding hydrogens is 360 g/mol. The number of aryl methyl sites for hydroxylation is 2. The standard InChI is InChI=1S/C20H36N4O2S/c1-13(2)18-7-6-14(3)12-19(18)21-17-8-10-24(11-9-17)27(25,26)20-15(4)22-23-16(20)5/h13-14,17-19,21H,6-12H2,1-5H3,(H,22,23)/t14-,18+,19+/m0/s1. The number of aromatic nitrogens is 2. The Balaban J connectivity index is 1.62. The van der Waals surface area contributed by atoms with Gasteiger partial charge in [-0.15, -0.1) is 0 Å². The van der Waals surface area contributed by atoms with E-state index in [2.05, 4.69) is 36.3 Å². The van der Waals surface area contributed by atoms with Crippen molar-refractivity contribution >= 4 is 10.0 Å². The summed E-state index contributed by atoms with van der Waals surface area (Å²) in [7, 11) is -3.46. The highest BCUT2D eigenvalue weighted by Crippen LogP contribution is 2.34. The molecule has 0 unspecified atom stereocenters. The highest BCUT2D eigenvalue weighted by Gasteiger charge is 2.36. The number of hydrogen-bond acceptors (Lipinski definition) is 4. The lowest BCUT2D eigenvalue weighted by molar-refractivity contribution is 0.146. The average Bonchev–Trinajstić information content (AvgIpc) is 2.94. The molecule has 7 heteroatoms. The molecule has 2 N–H and O–H groups in total. The van der Waals surface area contributed by atoms with E-state index in [1.807, 2.05) is 0 Å². The van der Waals surface area contributed by atoms with Crippen LogP contribution in [0.2, 0.25) is 0 Å². The van der Waals surface area contributed by atoms with Crippen molar-refractivity contribution in [3.8, 4) is 0 Å². The van der Waals surface area contributed by atoms with Gasteiger partial charge in [-0.2, -0.15) is 9.40 Å². The number of hydrogen-bond donors (Lipinski definition) is 2. The number of H-pyrrole nitrogens is 1. The second kappa shape index (κ2) is 8.21. The third kappa shape index (κ3) is 4.40. The van der Waals surface area contributed by atoms with Gasteiger partial charge in [-0.05, 0) is 57.3 Å². The second-order valence-corrected chi connectivity index (χ2v) is 10.9. The molecule has 2 aliphatic rings. The summed E-state index contributed by atoms with van der Waals surface area (Å²) in [6.45, 7) is 11.7. The van der Waals surface area contributed by atoms with Gasteiger partial charge in [0.2, 0.25) is 10.0 Å². The Hall–Kier alpha value is -0.920. The third-order valence-corrected chi connectivity index (χ3v) is 8.75. The van der Waals surface area contributed by atoms with Crippen LogP contribution in [0.15, 0.2) is 4.90 Å². The Kier molecular flexibility index (Phi) is 6.33. The first kappa shape index (κ1) is 20.8. The molecule has 0 bridgehead atoms. The average molecular weight is 397 g/mol. The highest BCUT2D eigenvalue weighted by atomic mass is 32.2. The van der Waals surface area contributed by atoms with E-state index in [-0.39, 0.29) is 0 Å². The molecule has 6 nitrogen and oxygen atoms in total. The molecule has 1 aliphatic heterocycles. The predicted molar refractivity (Wildman–Crippen MR) is 108 cm³/mol. The van der Waals surface area contributed by atoms with Gasteiger partial charge in [-0.25, -0.2) is 8.42 Å².